The van der Waals surface area contributed by atoms with Crippen molar-refractivity contribution < 1.29 is 0 Å². The van der Waals surface area contributed by atoms with E-state index in [-0.39, 0.29) is 11.5 Å². The third-order valence-electron chi connectivity index (χ3n) is 7.73. The van der Waals surface area contributed by atoms with Gasteiger partial charge in [0, 0.05) is 49.1 Å². The third-order valence-corrected chi connectivity index (χ3v) is 8.81. The molecule has 5 aromatic rings. The van der Waals surface area contributed by atoms with E-state index in [0.717, 1.165) is 63.7 Å². The Morgan fingerprint density at radius 1 is 1.03 bits per heavy atom. The number of para-hydroxylation sites is 1. The molecule has 0 aliphatic heterocycles. The predicted octanol–water partition coefficient (Wildman–Crippen LogP) is 8.71. The molecule has 198 valence electrons. The third kappa shape index (κ3) is 5.06. The highest BCUT2D eigenvalue weighted by Gasteiger charge is 2.23. The molecule has 3 aromatic carbocycles. The van der Waals surface area contributed by atoms with E-state index in [1.807, 2.05) is 48.7 Å². The Morgan fingerprint density at radius 3 is 2.62 bits per heavy atom. The van der Waals surface area contributed by atoms with Crippen LogP contribution in [-0.2, 0) is 6.54 Å². The van der Waals surface area contributed by atoms with Crippen molar-refractivity contribution in [3.05, 3.63) is 108 Å². The van der Waals surface area contributed by atoms with Crippen LogP contribution in [0.5, 0.6) is 0 Å². The first kappa shape index (κ1) is 26.3. The number of benzene rings is 3. The summed E-state index contributed by atoms with van der Waals surface area (Å²) in [5.41, 5.74) is 4.62. The maximum absolute atomic E-state index is 13.8. The summed E-state index contributed by atoms with van der Waals surface area (Å²) in [5.74, 6) is 0.964. The molecule has 0 amide bonds. The lowest BCUT2D eigenvalue weighted by Crippen LogP contribution is -2.25. The van der Waals surface area contributed by atoms with Crippen LogP contribution in [0.15, 0.2) is 75.0 Å². The zero-order valence-corrected chi connectivity index (χ0v) is 24.6. The molecule has 2 aromatic heterocycles. The minimum absolute atomic E-state index is 0.146. The summed E-state index contributed by atoms with van der Waals surface area (Å²) in [4.78, 5) is 18.8. The van der Waals surface area contributed by atoms with E-state index >= 15 is 0 Å². The summed E-state index contributed by atoms with van der Waals surface area (Å²) in [5, 5.41) is 7.70. The minimum atomic E-state index is -0.146. The number of nitrogens with zero attached hydrogens (tertiary/aromatic N) is 4. The zero-order valence-electron chi connectivity index (χ0n) is 21.5. The van der Waals surface area contributed by atoms with E-state index in [4.69, 9.17) is 33.3 Å². The van der Waals surface area contributed by atoms with Crippen LogP contribution in [0, 0.1) is 6.92 Å². The van der Waals surface area contributed by atoms with Crippen LogP contribution in [-0.4, -0.2) is 20.4 Å². The molecule has 0 spiro atoms. The van der Waals surface area contributed by atoms with Gasteiger partial charge in [-0.15, -0.1) is 0 Å². The Labute approximate surface area is 245 Å². The van der Waals surface area contributed by atoms with Crippen LogP contribution >= 0.6 is 39.1 Å². The van der Waals surface area contributed by atoms with Gasteiger partial charge in [-0.25, -0.2) is 4.98 Å². The highest BCUT2D eigenvalue weighted by Crippen LogP contribution is 2.33. The Hall–Kier alpha value is -2.93. The van der Waals surface area contributed by atoms with Crippen molar-refractivity contribution >= 4 is 67.2 Å². The molecule has 0 N–H and O–H groups in total. The summed E-state index contributed by atoms with van der Waals surface area (Å²) in [6.07, 6.45) is 7.36. The van der Waals surface area contributed by atoms with Gasteiger partial charge < -0.3 is 4.57 Å². The predicted molar refractivity (Wildman–Crippen MR) is 165 cm³/mol. The van der Waals surface area contributed by atoms with Crippen molar-refractivity contribution in [1.29, 1.82) is 0 Å². The highest BCUT2D eigenvalue weighted by molar-refractivity contribution is 9.10. The van der Waals surface area contributed by atoms with E-state index < -0.39 is 0 Å². The Morgan fingerprint density at radius 2 is 1.82 bits per heavy atom. The van der Waals surface area contributed by atoms with Gasteiger partial charge in [-0.3, -0.25) is 4.79 Å². The minimum Gasteiger partial charge on any atom is -0.340 e. The van der Waals surface area contributed by atoms with Crippen LogP contribution in [0.4, 0.5) is 0 Å². The van der Waals surface area contributed by atoms with Gasteiger partial charge in [0.15, 0.2) is 0 Å². The van der Waals surface area contributed by atoms with E-state index in [9.17, 15) is 4.79 Å². The van der Waals surface area contributed by atoms with Crippen molar-refractivity contribution in [1.82, 2.24) is 14.2 Å². The van der Waals surface area contributed by atoms with Gasteiger partial charge in [-0.2, -0.15) is 9.78 Å². The number of halogens is 3. The molecule has 1 aliphatic carbocycles. The largest absolute Gasteiger partial charge is 0.340 e. The lowest BCUT2D eigenvalue weighted by molar-refractivity contribution is 0.416. The maximum atomic E-state index is 13.8. The topological polar surface area (TPSA) is 52.2 Å². The van der Waals surface area contributed by atoms with E-state index in [2.05, 4.69) is 39.6 Å². The van der Waals surface area contributed by atoms with Crippen LogP contribution < -0.4 is 5.56 Å². The van der Waals surface area contributed by atoms with Gasteiger partial charge in [-0.05, 0) is 61.7 Å². The number of fused-ring (bicyclic) bond motifs is 2. The average molecular weight is 622 g/mol. The molecule has 8 heteroatoms. The first-order valence-electron chi connectivity index (χ1n) is 13.2. The molecular formula is C31H27BrCl2N4O. The van der Waals surface area contributed by atoms with E-state index in [0.29, 0.717) is 27.5 Å². The second kappa shape index (κ2) is 10.9. The summed E-state index contributed by atoms with van der Waals surface area (Å²) in [6.45, 7) is 2.67. The fraction of sp³-hybridized carbons (Fsp3) is 0.258. The highest BCUT2D eigenvalue weighted by atomic mass is 79.9. The van der Waals surface area contributed by atoms with Crippen molar-refractivity contribution in [3.8, 4) is 0 Å². The molecule has 6 rings (SSSR count). The van der Waals surface area contributed by atoms with Gasteiger partial charge in [0.25, 0.3) is 5.56 Å². The van der Waals surface area contributed by atoms with Gasteiger partial charge >= 0.3 is 0 Å². The first-order chi connectivity index (χ1) is 18.9. The number of aromatic nitrogens is 3. The molecule has 2 heterocycles. The van der Waals surface area contributed by atoms with Crippen LogP contribution in [0.1, 0.15) is 60.7 Å². The number of hydrogen-bond donors (Lipinski definition) is 0. The quantitative estimate of drug-likeness (QED) is 0.184. The molecule has 1 saturated carbocycles. The van der Waals surface area contributed by atoms with Crippen LogP contribution in [0.2, 0.25) is 10.0 Å². The SMILES string of the molecule is Cc1c(C=Nn2c(C3CCCCC3)nc3ccc(Br)cc3c2=O)c2ccccc2n1Cc1ccc(Cl)cc1Cl. The smallest absolute Gasteiger partial charge is 0.282 e. The van der Waals surface area contributed by atoms with Crippen molar-refractivity contribution in [2.24, 2.45) is 5.10 Å². The Balaban J connectivity index is 1.49. The average Bonchev–Trinajstić information content (AvgIpc) is 3.20. The molecule has 0 atom stereocenters. The van der Waals surface area contributed by atoms with Crippen molar-refractivity contribution in [2.45, 2.75) is 51.5 Å². The van der Waals surface area contributed by atoms with E-state index in [1.54, 1.807) is 6.07 Å². The molecular weight excluding hydrogens is 595 g/mol. The summed E-state index contributed by atoms with van der Waals surface area (Å²) in [7, 11) is 0. The van der Waals surface area contributed by atoms with Gasteiger partial charge in [0.1, 0.15) is 5.82 Å². The fourth-order valence-electron chi connectivity index (χ4n) is 5.66. The zero-order chi connectivity index (χ0) is 27.1. The van der Waals surface area contributed by atoms with Crippen LogP contribution in [0.25, 0.3) is 21.8 Å². The van der Waals surface area contributed by atoms with Crippen molar-refractivity contribution in [2.75, 3.05) is 0 Å². The lowest BCUT2D eigenvalue weighted by atomic mass is 9.88. The number of hydrogen-bond acceptors (Lipinski definition) is 3. The standard InChI is InChI=1S/C31H27BrCl2N4O/c1-19-26(24-9-5-6-10-29(24)37(19)18-21-11-13-23(33)16-27(21)34)17-35-38-30(20-7-3-2-4-8-20)36-28-14-12-22(32)15-25(28)31(38)39/h5-6,9-17,20H,2-4,7-8,18H2,1H3. The van der Waals surface area contributed by atoms with Gasteiger partial charge in [-0.1, -0.05) is 82.7 Å². The Kier molecular flexibility index (Phi) is 7.36. The maximum Gasteiger partial charge on any atom is 0.282 e. The summed E-state index contributed by atoms with van der Waals surface area (Å²) in [6, 6.07) is 19.5. The normalized spacial score (nSPS) is 14.7. The molecule has 5 nitrogen and oxygen atoms in total. The second-order valence-electron chi connectivity index (χ2n) is 10.2. The second-order valence-corrected chi connectivity index (χ2v) is 11.9. The van der Waals surface area contributed by atoms with Crippen molar-refractivity contribution in [3.63, 3.8) is 0 Å². The Bertz CT molecular complexity index is 1800. The molecule has 0 radical (unpaired) electrons. The molecule has 0 bridgehead atoms. The molecule has 0 unspecified atom stereocenters. The molecule has 0 saturated heterocycles. The lowest BCUT2D eigenvalue weighted by Gasteiger charge is -2.22. The molecule has 1 aliphatic rings. The fourth-order valence-corrected chi connectivity index (χ4v) is 6.49. The molecule has 39 heavy (non-hydrogen) atoms. The van der Waals surface area contributed by atoms with Gasteiger partial charge in [0.2, 0.25) is 0 Å². The summed E-state index contributed by atoms with van der Waals surface area (Å²) >= 11 is 16.2. The van der Waals surface area contributed by atoms with E-state index in [1.165, 1.54) is 11.1 Å². The van der Waals surface area contributed by atoms with Crippen LogP contribution in [0.3, 0.4) is 0 Å². The first-order valence-corrected chi connectivity index (χ1v) is 14.7. The monoisotopic (exact) mass is 620 g/mol. The van der Waals surface area contributed by atoms with Gasteiger partial charge in [0.05, 0.1) is 17.1 Å². The molecule has 1 fully saturated rings. The number of rotatable bonds is 5. The summed E-state index contributed by atoms with van der Waals surface area (Å²) < 4.78 is 4.60.